The molecular weight excluding hydrogens is 618 g/mol. The molecule has 2 saturated heterocycles. The van der Waals surface area contributed by atoms with Gasteiger partial charge in [-0.2, -0.15) is 5.06 Å². The molecule has 12 heteroatoms. The third-order valence-corrected chi connectivity index (χ3v) is 9.06. The van der Waals surface area contributed by atoms with Crippen molar-refractivity contribution in [3.8, 4) is 11.5 Å². The van der Waals surface area contributed by atoms with Gasteiger partial charge in [-0.1, -0.05) is 54.6 Å². The molecule has 0 amide bonds. The van der Waals surface area contributed by atoms with E-state index >= 15 is 0 Å². The molecule has 0 radical (unpaired) electrons. The predicted molar refractivity (Wildman–Crippen MR) is 175 cm³/mol. The minimum atomic E-state index is -1.16. The number of nitrogens with zero attached hydrogens (tertiary/aromatic N) is 2. The van der Waals surface area contributed by atoms with E-state index in [0.717, 1.165) is 16.7 Å². The van der Waals surface area contributed by atoms with Gasteiger partial charge in [0.2, 0.25) is 0 Å². The summed E-state index contributed by atoms with van der Waals surface area (Å²) in [7, 11) is 4.90. The third kappa shape index (κ3) is 5.92. The maximum atomic E-state index is 13.3. The van der Waals surface area contributed by atoms with E-state index in [4.69, 9.17) is 28.5 Å². The number of rotatable bonds is 11. The van der Waals surface area contributed by atoms with E-state index in [0.29, 0.717) is 17.1 Å². The molecule has 0 spiro atoms. The molecule has 2 aliphatic rings. The first kappa shape index (κ1) is 33.2. The monoisotopic (exact) mass is 657 g/mol. The summed E-state index contributed by atoms with van der Waals surface area (Å²) in [6.45, 7) is 3.48. The predicted octanol–water partition coefficient (Wildman–Crippen LogP) is 3.56. The van der Waals surface area contributed by atoms with Crippen LogP contribution < -0.4 is 20.7 Å². The van der Waals surface area contributed by atoms with Crippen LogP contribution in [0.25, 0.3) is 0 Å². The number of likely N-dealkylation sites (N-methyl/N-ethyl adjacent to an activating group) is 1. The average molecular weight is 658 g/mol. The number of hydrogen-bond donors (Lipinski definition) is 1. The van der Waals surface area contributed by atoms with Gasteiger partial charge in [-0.05, 0) is 54.8 Å². The van der Waals surface area contributed by atoms with Crippen molar-refractivity contribution in [1.82, 2.24) is 14.6 Å². The van der Waals surface area contributed by atoms with E-state index in [1.165, 1.54) is 15.8 Å². The number of hydrogen-bond acceptors (Lipinski definition) is 10. The Kier molecular flexibility index (Phi) is 9.51. The molecule has 1 N–H and O–H groups in total. The van der Waals surface area contributed by atoms with Crippen molar-refractivity contribution >= 4 is 5.97 Å². The molecule has 48 heavy (non-hydrogen) atoms. The fraction of sp³-hybridized carbons (Fsp3) is 0.361. The van der Waals surface area contributed by atoms with Gasteiger partial charge >= 0.3 is 11.7 Å². The molecule has 0 saturated carbocycles. The van der Waals surface area contributed by atoms with Crippen molar-refractivity contribution in [2.24, 2.45) is 5.92 Å². The molecule has 0 aliphatic carbocycles. The zero-order valence-corrected chi connectivity index (χ0v) is 27.5. The zero-order valence-electron chi connectivity index (χ0n) is 27.5. The Hall–Kier alpha value is -4.75. The number of aromatic nitrogens is 2. The Bertz CT molecular complexity index is 1790. The summed E-state index contributed by atoms with van der Waals surface area (Å²) in [6.07, 6.45) is -1.23. The Morgan fingerprint density at radius 2 is 1.48 bits per heavy atom. The van der Waals surface area contributed by atoms with Crippen molar-refractivity contribution in [1.29, 1.82) is 0 Å². The summed E-state index contributed by atoms with van der Waals surface area (Å²) in [6, 6.07) is 24.5. The van der Waals surface area contributed by atoms with Crippen molar-refractivity contribution in [3.05, 3.63) is 128 Å². The highest BCUT2D eigenvalue weighted by molar-refractivity contribution is 5.75. The van der Waals surface area contributed by atoms with Crippen molar-refractivity contribution in [2.45, 2.75) is 43.9 Å². The van der Waals surface area contributed by atoms with Crippen LogP contribution in [0.2, 0.25) is 0 Å². The van der Waals surface area contributed by atoms with Crippen LogP contribution in [0.5, 0.6) is 11.5 Å². The standard InChI is InChI=1S/C36H39N3O9/c1-6-45-34(41)31-29-28(47-33(30(29)38(3)48-31)39-20-22(2)32(40)37-35(39)42)21-46-36(23-10-8-7-9-11-23,24-12-16-26(43-4)17-13-24)25-14-18-27(44-5)19-15-25/h7-20,28-31,33H,6,21H2,1-5H3,(H,37,40,42)/t28-,29-,30-,31-,33-/m1/s1. The molecule has 252 valence electrons. The number of methoxy groups -OCH3 is 2. The number of aryl methyl sites for hydroxylation is 1. The summed E-state index contributed by atoms with van der Waals surface area (Å²) >= 11 is 0. The molecule has 0 bridgehead atoms. The van der Waals surface area contributed by atoms with Crippen LogP contribution in [0, 0.1) is 12.8 Å². The first-order chi connectivity index (χ1) is 23.2. The minimum Gasteiger partial charge on any atom is -0.497 e. The topological polar surface area (TPSA) is 131 Å². The molecule has 1 aromatic heterocycles. The van der Waals surface area contributed by atoms with Gasteiger partial charge in [0, 0.05) is 24.7 Å². The molecule has 2 aliphatic heterocycles. The number of ether oxygens (including phenoxy) is 5. The summed E-state index contributed by atoms with van der Waals surface area (Å²) in [5.41, 5.74) is 0.532. The third-order valence-electron chi connectivity index (χ3n) is 9.06. The summed E-state index contributed by atoms with van der Waals surface area (Å²) in [5.74, 6) is 0.227. The quantitative estimate of drug-likeness (QED) is 0.189. The molecule has 6 rings (SSSR count). The van der Waals surface area contributed by atoms with E-state index in [-0.39, 0.29) is 13.2 Å². The molecule has 5 atom stereocenters. The molecule has 4 aromatic rings. The van der Waals surface area contributed by atoms with Gasteiger partial charge in [0.05, 0.1) is 39.6 Å². The maximum Gasteiger partial charge on any atom is 0.337 e. The van der Waals surface area contributed by atoms with E-state index in [1.807, 2.05) is 78.9 Å². The number of esters is 1. The van der Waals surface area contributed by atoms with Gasteiger partial charge in [0.1, 0.15) is 17.1 Å². The lowest BCUT2D eigenvalue weighted by Gasteiger charge is -2.37. The minimum absolute atomic E-state index is 0.0190. The number of carbonyl (C=O) groups excluding carboxylic acids is 1. The molecule has 3 heterocycles. The van der Waals surface area contributed by atoms with Crippen LogP contribution >= 0.6 is 0 Å². The van der Waals surface area contributed by atoms with Crippen LogP contribution in [-0.4, -0.2) is 73.3 Å². The Morgan fingerprint density at radius 3 is 2.04 bits per heavy atom. The SMILES string of the molecule is CCOC(=O)[C@@H]1ON(C)[C@@H]2[C@H]1[C@@H](COC(c1ccccc1)(c1ccc(OC)cc1)c1ccc(OC)cc1)O[C@H]2n1cc(C)c(=O)[nH]c1=O. The van der Waals surface area contributed by atoms with Crippen LogP contribution in [0.15, 0.2) is 94.6 Å². The Labute approximate surface area is 277 Å². The highest BCUT2D eigenvalue weighted by Gasteiger charge is 2.60. The molecular formula is C36H39N3O9. The summed E-state index contributed by atoms with van der Waals surface area (Å²) in [4.78, 5) is 47.0. The summed E-state index contributed by atoms with van der Waals surface area (Å²) in [5, 5.41) is 1.53. The number of aromatic amines is 1. The van der Waals surface area contributed by atoms with Crippen LogP contribution in [0.4, 0.5) is 0 Å². The van der Waals surface area contributed by atoms with E-state index in [9.17, 15) is 14.4 Å². The first-order valence-corrected chi connectivity index (χ1v) is 15.7. The highest BCUT2D eigenvalue weighted by Crippen LogP contribution is 2.47. The second-order valence-electron chi connectivity index (χ2n) is 11.8. The number of hydroxylamine groups is 2. The second-order valence-corrected chi connectivity index (χ2v) is 11.8. The number of fused-ring (bicyclic) bond motifs is 1. The number of benzene rings is 3. The number of nitrogens with one attached hydrogen (secondary N) is 1. The van der Waals surface area contributed by atoms with Gasteiger partial charge in [-0.3, -0.25) is 19.2 Å². The molecule has 0 unspecified atom stereocenters. The Balaban J connectivity index is 1.47. The number of H-pyrrole nitrogens is 1. The fourth-order valence-corrected chi connectivity index (χ4v) is 6.74. The van der Waals surface area contributed by atoms with E-state index in [1.54, 1.807) is 35.1 Å². The molecule has 2 fully saturated rings. The summed E-state index contributed by atoms with van der Waals surface area (Å²) < 4.78 is 31.4. The molecule has 3 aromatic carbocycles. The number of carbonyl (C=O) groups is 1. The van der Waals surface area contributed by atoms with Crippen LogP contribution in [-0.2, 0) is 29.4 Å². The average Bonchev–Trinajstić information content (AvgIpc) is 3.66. The Morgan fingerprint density at radius 1 is 0.896 bits per heavy atom. The van der Waals surface area contributed by atoms with Crippen LogP contribution in [0.3, 0.4) is 0 Å². The smallest absolute Gasteiger partial charge is 0.337 e. The lowest BCUT2D eigenvalue weighted by Crippen LogP contribution is -2.42. The maximum absolute atomic E-state index is 13.3. The van der Waals surface area contributed by atoms with Crippen LogP contribution in [0.1, 0.15) is 35.4 Å². The fourth-order valence-electron chi connectivity index (χ4n) is 6.74. The van der Waals surface area contributed by atoms with Gasteiger partial charge in [0.25, 0.3) is 5.56 Å². The first-order valence-electron chi connectivity index (χ1n) is 15.7. The van der Waals surface area contributed by atoms with Gasteiger partial charge in [0.15, 0.2) is 12.3 Å². The normalized spacial score (nSPS) is 22.3. The van der Waals surface area contributed by atoms with E-state index < -0.39 is 53.2 Å². The van der Waals surface area contributed by atoms with Gasteiger partial charge in [-0.15, -0.1) is 0 Å². The van der Waals surface area contributed by atoms with Crippen molar-refractivity contribution in [2.75, 3.05) is 34.5 Å². The lowest BCUT2D eigenvalue weighted by molar-refractivity contribution is -0.204. The lowest BCUT2D eigenvalue weighted by atomic mass is 9.79. The molecule has 12 nitrogen and oxygen atoms in total. The van der Waals surface area contributed by atoms with Crippen molar-refractivity contribution in [3.63, 3.8) is 0 Å². The zero-order chi connectivity index (χ0) is 34.0. The van der Waals surface area contributed by atoms with Gasteiger partial charge < -0.3 is 23.7 Å². The highest BCUT2D eigenvalue weighted by atomic mass is 16.7. The van der Waals surface area contributed by atoms with E-state index in [2.05, 4.69) is 4.98 Å². The van der Waals surface area contributed by atoms with Gasteiger partial charge in [-0.25, -0.2) is 9.59 Å². The van der Waals surface area contributed by atoms with Crippen molar-refractivity contribution < 1.29 is 33.3 Å². The second kappa shape index (κ2) is 13.8. The largest absolute Gasteiger partial charge is 0.497 e.